The Balaban J connectivity index is 2.37. The van der Waals surface area contributed by atoms with Crippen LogP contribution in [0.1, 0.15) is 0 Å². The van der Waals surface area contributed by atoms with Crippen molar-refractivity contribution in [1.82, 2.24) is 0 Å². The molecule has 0 amide bonds. The van der Waals surface area contributed by atoms with Crippen molar-refractivity contribution in [2.24, 2.45) is 0 Å². The van der Waals surface area contributed by atoms with Crippen molar-refractivity contribution in [1.29, 1.82) is 0 Å². The van der Waals surface area contributed by atoms with E-state index in [1.807, 2.05) is 24.3 Å². The summed E-state index contributed by atoms with van der Waals surface area (Å²) in [6, 6.07) is 7.83. The molecule has 1 heterocycles. The van der Waals surface area contributed by atoms with Crippen LogP contribution in [0.4, 0.5) is 0 Å². The summed E-state index contributed by atoms with van der Waals surface area (Å²) >= 11 is -0.260. The fourth-order valence-corrected chi connectivity index (χ4v) is 3.47. The van der Waals surface area contributed by atoms with Crippen molar-refractivity contribution in [3.05, 3.63) is 24.3 Å². The molecule has 2 aromatic rings. The molecule has 3 heteroatoms. The van der Waals surface area contributed by atoms with Gasteiger partial charge in [0, 0.05) is 0 Å². The monoisotopic (exact) mass is 238 g/mol. The summed E-state index contributed by atoms with van der Waals surface area (Å²) in [6.45, 7) is 0. The summed E-state index contributed by atoms with van der Waals surface area (Å²) in [5.41, 5.74) is 3.88. The standard InChI is InChI=1S/C10H6O2Se/c11-9-7-5-3-1-2-4-6(5)8(7)10(12)13-9/h1-4,11-12H. The minimum atomic E-state index is -0.260. The van der Waals surface area contributed by atoms with Gasteiger partial charge in [-0.25, -0.2) is 0 Å². The number of hydrogen-bond acceptors (Lipinski definition) is 2. The third-order valence-corrected chi connectivity index (χ3v) is 4.00. The van der Waals surface area contributed by atoms with Gasteiger partial charge in [-0.2, -0.15) is 0 Å². The van der Waals surface area contributed by atoms with Crippen LogP contribution in [0.15, 0.2) is 24.3 Å². The van der Waals surface area contributed by atoms with Crippen molar-refractivity contribution in [2.45, 2.75) is 0 Å². The molecule has 2 N–H and O–H groups in total. The number of hydrogen-bond donors (Lipinski definition) is 2. The predicted octanol–water partition coefficient (Wildman–Crippen LogP) is 1.80. The van der Waals surface area contributed by atoms with E-state index in [0.717, 1.165) is 22.3 Å². The van der Waals surface area contributed by atoms with Gasteiger partial charge in [0.15, 0.2) is 0 Å². The molecular weight excluding hydrogens is 231 g/mol. The predicted molar refractivity (Wildman–Crippen MR) is 51.1 cm³/mol. The average molecular weight is 237 g/mol. The van der Waals surface area contributed by atoms with Crippen LogP contribution < -0.4 is 0 Å². The van der Waals surface area contributed by atoms with Gasteiger partial charge in [-0.1, -0.05) is 0 Å². The van der Waals surface area contributed by atoms with E-state index in [-0.39, 0.29) is 14.5 Å². The van der Waals surface area contributed by atoms with Gasteiger partial charge in [0.25, 0.3) is 0 Å². The average Bonchev–Trinajstić information content (AvgIpc) is 2.30. The van der Waals surface area contributed by atoms with Gasteiger partial charge in [-0.15, -0.1) is 0 Å². The topological polar surface area (TPSA) is 40.5 Å². The van der Waals surface area contributed by atoms with Crippen molar-refractivity contribution >= 4 is 14.5 Å². The van der Waals surface area contributed by atoms with E-state index in [2.05, 4.69) is 0 Å². The second kappa shape index (κ2) is 2.19. The van der Waals surface area contributed by atoms with Gasteiger partial charge in [-0.3, -0.25) is 0 Å². The van der Waals surface area contributed by atoms with Crippen LogP contribution in [0, 0.1) is 0 Å². The molecule has 0 bridgehead atoms. The van der Waals surface area contributed by atoms with E-state index < -0.39 is 0 Å². The number of aromatic hydroxyl groups is 2. The number of benzene rings is 1. The van der Waals surface area contributed by atoms with Gasteiger partial charge in [-0.05, 0) is 0 Å². The molecule has 2 nitrogen and oxygen atoms in total. The van der Waals surface area contributed by atoms with Gasteiger partial charge in [0.1, 0.15) is 0 Å². The van der Waals surface area contributed by atoms with E-state index in [0.29, 0.717) is 9.25 Å². The second-order valence-electron chi connectivity index (χ2n) is 3.01. The summed E-state index contributed by atoms with van der Waals surface area (Å²) in [6.07, 6.45) is 0. The zero-order chi connectivity index (χ0) is 9.00. The Morgan fingerprint density at radius 1 is 0.846 bits per heavy atom. The van der Waals surface area contributed by atoms with Crippen LogP contribution in [0.2, 0.25) is 0 Å². The molecule has 0 unspecified atom stereocenters. The Hall–Kier alpha value is -1.18. The molecule has 1 aliphatic carbocycles. The molecule has 3 rings (SSSR count). The molecule has 64 valence electrons. The molecule has 1 aliphatic rings. The molecule has 0 fully saturated rings. The molecule has 1 aromatic heterocycles. The van der Waals surface area contributed by atoms with Gasteiger partial charge in [0.2, 0.25) is 0 Å². The Morgan fingerprint density at radius 3 is 1.77 bits per heavy atom. The van der Waals surface area contributed by atoms with Crippen LogP contribution in [-0.4, -0.2) is 24.7 Å². The van der Waals surface area contributed by atoms with Crippen molar-refractivity contribution in [2.75, 3.05) is 0 Å². The van der Waals surface area contributed by atoms with Crippen LogP contribution in [0.3, 0.4) is 0 Å². The zero-order valence-electron chi connectivity index (χ0n) is 6.61. The maximum atomic E-state index is 9.54. The van der Waals surface area contributed by atoms with E-state index in [1.165, 1.54) is 0 Å². The molecule has 1 aromatic carbocycles. The molecule has 0 saturated heterocycles. The summed E-state index contributed by atoms with van der Waals surface area (Å²) in [7, 11) is 0. The third-order valence-electron chi connectivity index (χ3n) is 2.34. The zero-order valence-corrected chi connectivity index (χ0v) is 8.33. The molecule has 0 aliphatic heterocycles. The second-order valence-corrected chi connectivity index (χ2v) is 5.06. The van der Waals surface area contributed by atoms with Crippen molar-refractivity contribution in [3.63, 3.8) is 0 Å². The molecule has 0 atom stereocenters. The van der Waals surface area contributed by atoms with Crippen LogP contribution in [0.25, 0.3) is 22.3 Å². The summed E-state index contributed by atoms with van der Waals surface area (Å²) in [5, 5.41) is 19.1. The fourth-order valence-electron chi connectivity index (χ4n) is 1.76. The SMILES string of the molecule is Oc1[se]c(O)c2c1-c1ccccc1-2. The molecule has 0 saturated carbocycles. The maximum absolute atomic E-state index is 9.54. The Morgan fingerprint density at radius 2 is 1.31 bits per heavy atom. The molecular formula is C10H6O2Se. The van der Waals surface area contributed by atoms with Crippen LogP contribution in [0.5, 0.6) is 9.25 Å². The Bertz CT molecular complexity index is 456. The first kappa shape index (κ1) is 7.24. The fraction of sp³-hybridized carbons (Fsp3) is 0. The Labute approximate surface area is 80.8 Å². The first-order valence-electron chi connectivity index (χ1n) is 3.93. The van der Waals surface area contributed by atoms with Gasteiger partial charge in [0.05, 0.1) is 0 Å². The quantitative estimate of drug-likeness (QED) is 0.585. The third kappa shape index (κ3) is 0.736. The van der Waals surface area contributed by atoms with E-state index in [9.17, 15) is 10.2 Å². The summed E-state index contributed by atoms with van der Waals surface area (Å²) in [5.74, 6) is 0. The summed E-state index contributed by atoms with van der Waals surface area (Å²) < 4.78 is 0.720. The normalized spacial score (nSPS) is 11.7. The first-order chi connectivity index (χ1) is 6.29. The van der Waals surface area contributed by atoms with Crippen molar-refractivity contribution < 1.29 is 10.2 Å². The number of fused-ring (bicyclic) bond motifs is 4. The van der Waals surface area contributed by atoms with Crippen LogP contribution >= 0.6 is 0 Å². The van der Waals surface area contributed by atoms with Crippen LogP contribution in [-0.2, 0) is 0 Å². The molecule has 13 heavy (non-hydrogen) atoms. The number of rotatable bonds is 0. The van der Waals surface area contributed by atoms with Gasteiger partial charge >= 0.3 is 80.5 Å². The van der Waals surface area contributed by atoms with E-state index in [1.54, 1.807) is 0 Å². The minimum absolute atomic E-state index is 0.260. The first-order valence-corrected chi connectivity index (χ1v) is 5.65. The van der Waals surface area contributed by atoms with Gasteiger partial charge < -0.3 is 0 Å². The van der Waals surface area contributed by atoms with E-state index in [4.69, 9.17) is 0 Å². The Kier molecular flexibility index (Phi) is 1.22. The molecule has 0 radical (unpaired) electrons. The molecule has 0 spiro atoms. The van der Waals surface area contributed by atoms with E-state index >= 15 is 0 Å². The summed E-state index contributed by atoms with van der Waals surface area (Å²) in [4.78, 5) is 0. The van der Waals surface area contributed by atoms with Crippen molar-refractivity contribution in [3.8, 4) is 31.5 Å².